The molecule has 0 saturated heterocycles. The van der Waals surface area contributed by atoms with Gasteiger partial charge in [-0.1, -0.05) is 59.3 Å². The van der Waals surface area contributed by atoms with E-state index >= 15 is 0 Å². The highest BCUT2D eigenvalue weighted by atomic mass is 79.9. The van der Waals surface area contributed by atoms with Crippen LogP contribution in [0, 0.1) is 20.8 Å². The van der Waals surface area contributed by atoms with Crippen LogP contribution in [0.2, 0.25) is 0 Å². The van der Waals surface area contributed by atoms with Gasteiger partial charge in [0.2, 0.25) is 0 Å². The zero-order valence-electron chi connectivity index (χ0n) is 13.3. The fraction of sp³-hybridized carbons (Fsp3) is 0.368. The first-order valence-corrected chi connectivity index (χ1v) is 8.40. The molecule has 0 aliphatic heterocycles. The third-order valence-corrected chi connectivity index (χ3v) is 5.17. The standard InChI is InChI=1S/C19H24BrN/c1-5-12-21-19(16-10-6-8-13(2)15(16)4)17-11-7-9-14(3)18(17)20/h6-11,19,21H,5,12H2,1-4H3. The van der Waals surface area contributed by atoms with Crippen molar-refractivity contribution in [1.82, 2.24) is 5.32 Å². The zero-order valence-corrected chi connectivity index (χ0v) is 14.9. The van der Waals surface area contributed by atoms with Gasteiger partial charge in [-0.05, 0) is 61.6 Å². The van der Waals surface area contributed by atoms with Crippen LogP contribution >= 0.6 is 15.9 Å². The number of aryl methyl sites for hydroxylation is 2. The molecule has 2 aromatic carbocycles. The van der Waals surface area contributed by atoms with Gasteiger partial charge in [0.25, 0.3) is 0 Å². The highest BCUT2D eigenvalue weighted by molar-refractivity contribution is 9.10. The van der Waals surface area contributed by atoms with Crippen LogP contribution in [0.4, 0.5) is 0 Å². The SMILES string of the molecule is CCCNC(c1cccc(C)c1C)c1cccc(C)c1Br. The average Bonchev–Trinajstić information content (AvgIpc) is 2.47. The molecule has 0 amide bonds. The Kier molecular flexibility index (Phi) is 5.60. The van der Waals surface area contributed by atoms with Crippen molar-refractivity contribution in [3.8, 4) is 0 Å². The van der Waals surface area contributed by atoms with E-state index in [4.69, 9.17) is 0 Å². The Morgan fingerprint density at radius 1 is 0.952 bits per heavy atom. The van der Waals surface area contributed by atoms with Crippen molar-refractivity contribution in [1.29, 1.82) is 0 Å². The van der Waals surface area contributed by atoms with Crippen molar-refractivity contribution >= 4 is 15.9 Å². The van der Waals surface area contributed by atoms with E-state index in [-0.39, 0.29) is 6.04 Å². The van der Waals surface area contributed by atoms with Gasteiger partial charge in [0.15, 0.2) is 0 Å². The molecule has 0 heterocycles. The van der Waals surface area contributed by atoms with Gasteiger partial charge in [0.05, 0.1) is 6.04 Å². The van der Waals surface area contributed by atoms with Crippen molar-refractivity contribution in [2.24, 2.45) is 0 Å². The first-order chi connectivity index (χ1) is 10.1. The van der Waals surface area contributed by atoms with Crippen LogP contribution < -0.4 is 5.32 Å². The topological polar surface area (TPSA) is 12.0 Å². The molecule has 0 bridgehead atoms. The smallest absolute Gasteiger partial charge is 0.0590 e. The summed E-state index contributed by atoms with van der Waals surface area (Å²) in [6.07, 6.45) is 1.13. The summed E-state index contributed by atoms with van der Waals surface area (Å²) in [7, 11) is 0. The average molecular weight is 346 g/mol. The van der Waals surface area contributed by atoms with E-state index in [0.29, 0.717) is 0 Å². The normalized spacial score (nSPS) is 12.4. The molecular weight excluding hydrogens is 322 g/mol. The molecule has 1 nitrogen and oxygen atoms in total. The zero-order chi connectivity index (χ0) is 15.4. The van der Waals surface area contributed by atoms with Crippen molar-refractivity contribution < 1.29 is 0 Å². The summed E-state index contributed by atoms with van der Waals surface area (Å²) in [4.78, 5) is 0. The fourth-order valence-electron chi connectivity index (χ4n) is 2.66. The molecule has 0 saturated carbocycles. The van der Waals surface area contributed by atoms with Gasteiger partial charge in [-0.2, -0.15) is 0 Å². The van der Waals surface area contributed by atoms with Gasteiger partial charge in [0.1, 0.15) is 0 Å². The maximum absolute atomic E-state index is 3.77. The lowest BCUT2D eigenvalue weighted by Gasteiger charge is -2.24. The molecule has 0 aliphatic rings. The Morgan fingerprint density at radius 2 is 1.57 bits per heavy atom. The minimum Gasteiger partial charge on any atom is -0.306 e. The molecule has 1 unspecified atom stereocenters. The van der Waals surface area contributed by atoms with Gasteiger partial charge in [0, 0.05) is 4.47 Å². The minimum atomic E-state index is 0.235. The molecule has 0 spiro atoms. The Hall–Kier alpha value is -1.12. The highest BCUT2D eigenvalue weighted by Crippen LogP contribution is 2.33. The van der Waals surface area contributed by atoms with E-state index in [9.17, 15) is 0 Å². The Labute approximate surface area is 136 Å². The number of hydrogen-bond donors (Lipinski definition) is 1. The highest BCUT2D eigenvalue weighted by Gasteiger charge is 2.19. The molecule has 0 fully saturated rings. The van der Waals surface area contributed by atoms with Gasteiger partial charge in [-0.15, -0.1) is 0 Å². The molecule has 2 rings (SSSR count). The van der Waals surface area contributed by atoms with E-state index < -0.39 is 0 Å². The maximum Gasteiger partial charge on any atom is 0.0590 e. The summed E-state index contributed by atoms with van der Waals surface area (Å²) in [6, 6.07) is 13.3. The molecule has 0 aromatic heterocycles. The Morgan fingerprint density at radius 3 is 2.24 bits per heavy atom. The summed E-state index contributed by atoms with van der Waals surface area (Å²) in [5, 5.41) is 3.71. The minimum absolute atomic E-state index is 0.235. The van der Waals surface area contributed by atoms with E-state index in [2.05, 4.69) is 85.3 Å². The molecule has 0 aliphatic carbocycles. The molecular formula is C19H24BrN. The number of rotatable bonds is 5. The van der Waals surface area contributed by atoms with Crippen LogP contribution in [0.25, 0.3) is 0 Å². The van der Waals surface area contributed by atoms with Crippen LogP contribution in [0.15, 0.2) is 40.9 Å². The van der Waals surface area contributed by atoms with Crippen molar-refractivity contribution in [3.05, 3.63) is 68.7 Å². The van der Waals surface area contributed by atoms with Crippen LogP contribution in [-0.2, 0) is 0 Å². The predicted octanol–water partition coefficient (Wildman–Crippen LogP) is 5.46. The largest absolute Gasteiger partial charge is 0.306 e. The Balaban J connectivity index is 2.52. The molecule has 0 radical (unpaired) electrons. The molecule has 2 heteroatoms. The summed E-state index contributed by atoms with van der Waals surface area (Å²) < 4.78 is 1.21. The third-order valence-electron chi connectivity index (χ3n) is 4.09. The summed E-state index contributed by atoms with van der Waals surface area (Å²) in [6.45, 7) is 9.76. The van der Waals surface area contributed by atoms with Gasteiger partial charge in [-0.3, -0.25) is 0 Å². The van der Waals surface area contributed by atoms with Gasteiger partial charge >= 0.3 is 0 Å². The summed E-state index contributed by atoms with van der Waals surface area (Å²) in [5.74, 6) is 0. The number of halogens is 1. The lowest BCUT2D eigenvalue weighted by Crippen LogP contribution is -2.24. The Bertz CT molecular complexity index is 567. The number of nitrogens with one attached hydrogen (secondary N) is 1. The van der Waals surface area contributed by atoms with E-state index in [0.717, 1.165) is 13.0 Å². The van der Waals surface area contributed by atoms with E-state index in [1.54, 1.807) is 0 Å². The number of benzene rings is 2. The van der Waals surface area contributed by atoms with E-state index in [1.165, 1.54) is 32.3 Å². The monoisotopic (exact) mass is 345 g/mol. The van der Waals surface area contributed by atoms with Crippen LogP contribution in [0.1, 0.15) is 47.2 Å². The summed E-state index contributed by atoms with van der Waals surface area (Å²) >= 11 is 3.77. The first kappa shape index (κ1) is 16.3. The molecule has 1 atom stereocenters. The van der Waals surface area contributed by atoms with Crippen LogP contribution in [0.3, 0.4) is 0 Å². The first-order valence-electron chi connectivity index (χ1n) is 7.60. The fourth-order valence-corrected chi connectivity index (χ4v) is 3.15. The number of hydrogen-bond acceptors (Lipinski definition) is 1. The second-order valence-corrected chi connectivity index (χ2v) is 6.45. The second-order valence-electron chi connectivity index (χ2n) is 5.65. The summed E-state index contributed by atoms with van der Waals surface area (Å²) in [5.41, 5.74) is 6.69. The van der Waals surface area contributed by atoms with Crippen LogP contribution in [0.5, 0.6) is 0 Å². The second kappa shape index (κ2) is 7.24. The maximum atomic E-state index is 3.77. The van der Waals surface area contributed by atoms with Crippen molar-refractivity contribution in [3.63, 3.8) is 0 Å². The molecule has 21 heavy (non-hydrogen) atoms. The third kappa shape index (κ3) is 3.56. The molecule has 1 N–H and O–H groups in total. The van der Waals surface area contributed by atoms with Crippen molar-refractivity contribution in [2.75, 3.05) is 6.54 Å². The molecule has 112 valence electrons. The quantitative estimate of drug-likeness (QED) is 0.758. The lowest BCUT2D eigenvalue weighted by molar-refractivity contribution is 0.594. The van der Waals surface area contributed by atoms with Crippen molar-refractivity contribution in [2.45, 2.75) is 40.2 Å². The van der Waals surface area contributed by atoms with Gasteiger partial charge in [-0.25, -0.2) is 0 Å². The lowest BCUT2D eigenvalue weighted by atomic mass is 9.92. The van der Waals surface area contributed by atoms with Gasteiger partial charge < -0.3 is 5.32 Å². The van der Waals surface area contributed by atoms with Crippen LogP contribution in [-0.4, -0.2) is 6.54 Å². The predicted molar refractivity (Wildman–Crippen MR) is 94.9 cm³/mol. The van der Waals surface area contributed by atoms with E-state index in [1.807, 2.05) is 0 Å². The molecule has 2 aromatic rings.